The Bertz CT molecular complexity index is 728. The summed E-state index contributed by atoms with van der Waals surface area (Å²) < 4.78 is 24.9. The van der Waals surface area contributed by atoms with E-state index in [0.717, 1.165) is 10.0 Å². The van der Waals surface area contributed by atoms with E-state index in [1.54, 1.807) is 25.1 Å². The largest absolute Gasteiger partial charge is 0.276 e. The molecule has 0 saturated heterocycles. The fourth-order valence-corrected chi connectivity index (χ4v) is 2.84. The number of halogens is 1. The summed E-state index contributed by atoms with van der Waals surface area (Å²) in [6.45, 7) is 1.75. The lowest BCUT2D eigenvalue weighted by Crippen LogP contribution is -2.19. The Balaban J connectivity index is 2.21. The Morgan fingerprint density at radius 2 is 1.80 bits per heavy atom. The molecule has 0 fully saturated rings. The molecule has 0 amide bonds. The normalized spacial score (nSPS) is 12.2. The zero-order valence-corrected chi connectivity index (χ0v) is 13.1. The van der Waals surface area contributed by atoms with Crippen molar-refractivity contribution in [2.45, 2.75) is 11.8 Å². The van der Waals surface area contributed by atoms with Gasteiger partial charge in [0.1, 0.15) is 0 Å². The standard InChI is InChI=1S/C14H13BrN2O2S/c1-11(12-6-5-7-13(15)10-12)16-17-20(18,19)14-8-3-2-4-9-14/h2-10,17H,1H3/b16-11-. The second-order valence-electron chi connectivity index (χ2n) is 4.12. The van der Waals surface area contributed by atoms with Gasteiger partial charge in [-0.25, -0.2) is 0 Å². The number of rotatable bonds is 4. The van der Waals surface area contributed by atoms with E-state index in [2.05, 4.69) is 25.9 Å². The van der Waals surface area contributed by atoms with E-state index in [1.165, 1.54) is 12.1 Å². The quantitative estimate of drug-likeness (QED) is 0.678. The number of hydrazone groups is 1. The summed E-state index contributed by atoms with van der Waals surface area (Å²) >= 11 is 3.36. The van der Waals surface area contributed by atoms with Gasteiger partial charge in [-0.15, -0.1) is 0 Å². The number of nitrogens with one attached hydrogen (secondary N) is 1. The van der Waals surface area contributed by atoms with Crippen molar-refractivity contribution in [1.29, 1.82) is 0 Å². The topological polar surface area (TPSA) is 58.5 Å². The van der Waals surface area contributed by atoms with Gasteiger partial charge in [0.25, 0.3) is 10.0 Å². The van der Waals surface area contributed by atoms with Crippen LogP contribution < -0.4 is 4.83 Å². The van der Waals surface area contributed by atoms with E-state index in [1.807, 2.05) is 24.3 Å². The predicted octanol–water partition coefficient (Wildman–Crippen LogP) is 3.15. The molecule has 0 aliphatic heterocycles. The second kappa shape index (κ2) is 6.19. The summed E-state index contributed by atoms with van der Waals surface area (Å²) in [7, 11) is -3.62. The van der Waals surface area contributed by atoms with E-state index >= 15 is 0 Å². The first kappa shape index (κ1) is 14.7. The molecular weight excluding hydrogens is 340 g/mol. The Morgan fingerprint density at radius 1 is 1.10 bits per heavy atom. The van der Waals surface area contributed by atoms with Crippen molar-refractivity contribution >= 4 is 31.7 Å². The number of benzene rings is 2. The molecule has 1 N–H and O–H groups in total. The van der Waals surface area contributed by atoms with E-state index in [0.29, 0.717) is 5.71 Å². The molecule has 0 unspecified atom stereocenters. The highest BCUT2D eigenvalue weighted by atomic mass is 79.9. The first-order chi connectivity index (χ1) is 9.49. The molecule has 2 rings (SSSR count). The molecule has 6 heteroatoms. The molecule has 0 aliphatic rings. The van der Waals surface area contributed by atoms with Crippen molar-refractivity contribution < 1.29 is 8.42 Å². The Labute approximate surface area is 126 Å². The van der Waals surface area contributed by atoms with Crippen molar-refractivity contribution in [2.24, 2.45) is 5.10 Å². The molecule has 0 aromatic heterocycles. The average molecular weight is 353 g/mol. The minimum atomic E-state index is -3.62. The third kappa shape index (κ3) is 3.68. The molecule has 0 spiro atoms. The van der Waals surface area contributed by atoms with Crippen LogP contribution in [0.2, 0.25) is 0 Å². The molecule has 0 saturated carbocycles. The fraction of sp³-hybridized carbons (Fsp3) is 0.0714. The van der Waals surface area contributed by atoms with Gasteiger partial charge in [-0.2, -0.15) is 18.4 Å². The highest BCUT2D eigenvalue weighted by Crippen LogP contribution is 2.13. The number of hydrogen-bond donors (Lipinski definition) is 1. The van der Waals surface area contributed by atoms with Crippen molar-refractivity contribution in [3.8, 4) is 0 Å². The third-order valence-electron chi connectivity index (χ3n) is 2.63. The van der Waals surface area contributed by atoms with Gasteiger partial charge in [-0.1, -0.05) is 46.3 Å². The monoisotopic (exact) mass is 352 g/mol. The van der Waals surface area contributed by atoms with Crippen molar-refractivity contribution in [3.05, 3.63) is 64.6 Å². The zero-order chi connectivity index (χ0) is 14.6. The second-order valence-corrected chi connectivity index (χ2v) is 6.69. The van der Waals surface area contributed by atoms with Crippen molar-refractivity contribution in [1.82, 2.24) is 4.83 Å². The summed E-state index contributed by atoms with van der Waals surface area (Å²) in [5, 5.41) is 3.94. The van der Waals surface area contributed by atoms with E-state index < -0.39 is 10.0 Å². The summed E-state index contributed by atoms with van der Waals surface area (Å²) in [4.78, 5) is 2.42. The number of nitrogens with zero attached hydrogens (tertiary/aromatic N) is 1. The Hall–Kier alpha value is -1.66. The van der Waals surface area contributed by atoms with Crippen LogP contribution in [0.5, 0.6) is 0 Å². The van der Waals surface area contributed by atoms with Crippen LogP contribution in [0.4, 0.5) is 0 Å². The molecule has 0 radical (unpaired) electrons. The highest BCUT2D eigenvalue weighted by molar-refractivity contribution is 9.10. The van der Waals surface area contributed by atoms with Gasteiger partial charge in [0, 0.05) is 4.47 Å². The van der Waals surface area contributed by atoms with Gasteiger partial charge in [0.05, 0.1) is 10.6 Å². The maximum absolute atomic E-state index is 12.0. The van der Waals surface area contributed by atoms with Crippen LogP contribution >= 0.6 is 15.9 Å². The van der Waals surface area contributed by atoms with Gasteiger partial charge < -0.3 is 0 Å². The third-order valence-corrected chi connectivity index (χ3v) is 4.35. The van der Waals surface area contributed by atoms with Crippen LogP contribution in [0.25, 0.3) is 0 Å². The Morgan fingerprint density at radius 3 is 2.45 bits per heavy atom. The predicted molar refractivity (Wildman–Crippen MR) is 83.1 cm³/mol. The van der Waals surface area contributed by atoms with Gasteiger partial charge in [0.2, 0.25) is 0 Å². The van der Waals surface area contributed by atoms with E-state index in [9.17, 15) is 8.42 Å². The highest BCUT2D eigenvalue weighted by Gasteiger charge is 2.11. The van der Waals surface area contributed by atoms with Crippen molar-refractivity contribution in [3.63, 3.8) is 0 Å². The average Bonchev–Trinajstić information content (AvgIpc) is 2.46. The summed E-state index contributed by atoms with van der Waals surface area (Å²) in [5.74, 6) is 0. The number of hydrogen-bond acceptors (Lipinski definition) is 3. The summed E-state index contributed by atoms with van der Waals surface area (Å²) in [6.07, 6.45) is 0. The van der Waals surface area contributed by atoms with Gasteiger partial charge in [-0.05, 0) is 36.8 Å². The molecule has 0 atom stereocenters. The van der Waals surface area contributed by atoms with Crippen LogP contribution in [0, 0.1) is 0 Å². The summed E-state index contributed by atoms with van der Waals surface area (Å²) in [6, 6.07) is 15.6. The lowest BCUT2D eigenvalue weighted by atomic mass is 10.1. The smallest absolute Gasteiger partial charge is 0.200 e. The van der Waals surface area contributed by atoms with Crippen LogP contribution in [-0.2, 0) is 10.0 Å². The lowest BCUT2D eigenvalue weighted by molar-refractivity contribution is 0.584. The van der Waals surface area contributed by atoms with Crippen LogP contribution in [0.15, 0.2) is 69.1 Å². The first-order valence-corrected chi connectivity index (χ1v) is 8.14. The maximum Gasteiger partial charge on any atom is 0.276 e. The van der Waals surface area contributed by atoms with E-state index in [-0.39, 0.29) is 4.90 Å². The number of sulfonamides is 1. The molecule has 4 nitrogen and oxygen atoms in total. The molecule has 0 bridgehead atoms. The van der Waals surface area contributed by atoms with Crippen LogP contribution in [0.1, 0.15) is 12.5 Å². The lowest BCUT2D eigenvalue weighted by Gasteiger charge is -2.05. The van der Waals surface area contributed by atoms with E-state index in [4.69, 9.17) is 0 Å². The van der Waals surface area contributed by atoms with Gasteiger partial charge in [0.15, 0.2) is 0 Å². The van der Waals surface area contributed by atoms with Gasteiger partial charge in [-0.3, -0.25) is 0 Å². The summed E-state index contributed by atoms with van der Waals surface area (Å²) in [5.41, 5.74) is 1.43. The molecule has 20 heavy (non-hydrogen) atoms. The minimum absolute atomic E-state index is 0.186. The molecular formula is C14H13BrN2O2S. The minimum Gasteiger partial charge on any atom is -0.200 e. The molecule has 0 heterocycles. The van der Waals surface area contributed by atoms with Gasteiger partial charge >= 0.3 is 0 Å². The van der Waals surface area contributed by atoms with Crippen LogP contribution in [-0.4, -0.2) is 14.1 Å². The van der Waals surface area contributed by atoms with Crippen LogP contribution in [0.3, 0.4) is 0 Å². The Kier molecular flexibility index (Phi) is 4.57. The molecule has 0 aliphatic carbocycles. The molecule has 2 aromatic rings. The molecule has 104 valence electrons. The van der Waals surface area contributed by atoms with Crippen molar-refractivity contribution in [2.75, 3.05) is 0 Å². The first-order valence-electron chi connectivity index (χ1n) is 5.86. The SMILES string of the molecule is C/C(=N/NS(=O)(=O)c1ccccc1)c1cccc(Br)c1. The zero-order valence-electron chi connectivity index (χ0n) is 10.7. The fourth-order valence-electron chi connectivity index (χ4n) is 1.56. The maximum atomic E-state index is 12.0. The molecule has 2 aromatic carbocycles.